The van der Waals surface area contributed by atoms with E-state index < -0.39 is 10.0 Å². The number of nitriles is 1. The summed E-state index contributed by atoms with van der Waals surface area (Å²) in [6.45, 7) is 1.69. The number of benzene rings is 1. The molecule has 116 valence electrons. The van der Waals surface area contributed by atoms with E-state index in [2.05, 4.69) is 14.9 Å². The first-order valence-corrected chi connectivity index (χ1v) is 8.21. The SMILES string of the molecule is Cc1noc2ncc(S(=O)(=O)Nc3ccc(C#N)c(Cl)c3)cc12. The Morgan fingerprint density at radius 1 is 1.35 bits per heavy atom. The Hall–Kier alpha value is -2.63. The number of hydrogen-bond acceptors (Lipinski definition) is 6. The highest BCUT2D eigenvalue weighted by Gasteiger charge is 2.18. The molecule has 9 heteroatoms. The Balaban J connectivity index is 1.98. The first-order valence-electron chi connectivity index (χ1n) is 6.35. The number of anilines is 1. The van der Waals surface area contributed by atoms with Gasteiger partial charge in [-0.25, -0.2) is 13.4 Å². The lowest BCUT2D eigenvalue weighted by molar-refractivity contribution is 0.442. The second kappa shape index (κ2) is 5.53. The molecule has 0 aliphatic heterocycles. The largest absolute Gasteiger partial charge is 0.336 e. The van der Waals surface area contributed by atoms with Crippen molar-refractivity contribution in [2.45, 2.75) is 11.8 Å². The summed E-state index contributed by atoms with van der Waals surface area (Å²) < 4.78 is 32.2. The van der Waals surface area contributed by atoms with E-state index in [4.69, 9.17) is 21.4 Å². The van der Waals surface area contributed by atoms with E-state index >= 15 is 0 Å². The number of aryl methyl sites for hydroxylation is 1. The zero-order valence-corrected chi connectivity index (χ0v) is 13.3. The second-order valence-corrected chi connectivity index (χ2v) is 6.79. The second-order valence-electron chi connectivity index (χ2n) is 4.70. The summed E-state index contributed by atoms with van der Waals surface area (Å²) in [6, 6.07) is 7.60. The number of nitrogens with one attached hydrogen (secondary N) is 1. The fraction of sp³-hybridized carbons (Fsp3) is 0.0714. The highest BCUT2D eigenvalue weighted by atomic mass is 35.5. The fourth-order valence-corrected chi connectivity index (χ4v) is 3.20. The molecule has 1 N–H and O–H groups in total. The molecule has 0 saturated carbocycles. The Morgan fingerprint density at radius 2 is 2.13 bits per heavy atom. The van der Waals surface area contributed by atoms with Crippen molar-refractivity contribution in [2.75, 3.05) is 4.72 Å². The van der Waals surface area contributed by atoms with Crippen LogP contribution in [0.15, 0.2) is 39.9 Å². The third-order valence-electron chi connectivity index (χ3n) is 3.14. The molecule has 0 bridgehead atoms. The Bertz CT molecular complexity index is 1050. The predicted molar refractivity (Wildman–Crippen MR) is 83.5 cm³/mol. The molecule has 0 atom stereocenters. The average molecular weight is 349 g/mol. The minimum Gasteiger partial charge on any atom is -0.336 e. The summed E-state index contributed by atoms with van der Waals surface area (Å²) in [4.78, 5) is 3.91. The van der Waals surface area contributed by atoms with Gasteiger partial charge in [-0.2, -0.15) is 5.26 Å². The number of halogens is 1. The standard InChI is InChI=1S/C14H9ClN4O3S/c1-8-12-5-11(7-17-14(12)22-18-8)23(20,21)19-10-3-2-9(6-16)13(15)4-10/h2-5,7,19H,1H3. The third kappa shape index (κ3) is 2.84. The van der Waals surface area contributed by atoms with E-state index in [0.717, 1.165) is 0 Å². The molecule has 3 rings (SSSR count). The van der Waals surface area contributed by atoms with Crippen LogP contribution in [0.25, 0.3) is 11.1 Å². The molecule has 2 heterocycles. The molecule has 0 aliphatic rings. The van der Waals surface area contributed by atoms with Crippen LogP contribution in [-0.4, -0.2) is 18.6 Å². The summed E-state index contributed by atoms with van der Waals surface area (Å²) in [5, 5.41) is 13.2. The molecule has 3 aromatic rings. The van der Waals surface area contributed by atoms with Gasteiger partial charge in [0.1, 0.15) is 11.0 Å². The molecule has 0 fully saturated rings. The van der Waals surface area contributed by atoms with Crippen molar-refractivity contribution in [2.24, 2.45) is 0 Å². The van der Waals surface area contributed by atoms with Crippen LogP contribution in [0.3, 0.4) is 0 Å². The molecular weight excluding hydrogens is 340 g/mol. The molecule has 0 saturated heterocycles. The average Bonchev–Trinajstić information content (AvgIpc) is 2.88. The molecule has 1 aromatic carbocycles. The van der Waals surface area contributed by atoms with Crippen molar-refractivity contribution < 1.29 is 12.9 Å². The number of hydrogen-bond donors (Lipinski definition) is 1. The fourth-order valence-electron chi connectivity index (χ4n) is 1.96. The van der Waals surface area contributed by atoms with Crippen molar-refractivity contribution in [1.29, 1.82) is 5.26 Å². The quantitative estimate of drug-likeness (QED) is 0.779. The monoisotopic (exact) mass is 348 g/mol. The van der Waals surface area contributed by atoms with Gasteiger partial charge in [0.15, 0.2) is 0 Å². The maximum atomic E-state index is 12.4. The molecule has 0 aliphatic carbocycles. The van der Waals surface area contributed by atoms with Gasteiger partial charge >= 0.3 is 0 Å². The number of sulfonamides is 1. The molecule has 0 radical (unpaired) electrons. The lowest BCUT2D eigenvalue weighted by Crippen LogP contribution is -2.13. The highest BCUT2D eigenvalue weighted by Crippen LogP contribution is 2.24. The minimum atomic E-state index is -3.86. The summed E-state index contributed by atoms with van der Waals surface area (Å²) in [5.74, 6) is 0. The number of fused-ring (bicyclic) bond motifs is 1. The summed E-state index contributed by atoms with van der Waals surface area (Å²) in [5.41, 5.74) is 1.32. The van der Waals surface area contributed by atoms with Crippen molar-refractivity contribution in [3.05, 3.63) is 46.7 Å². The summed E-state index contributed by atoms with van der Waals surface area (Å²) >= 11 is 5.90. The van der Waals surface area contributed by atoms with E-state index in [1.54, 1.807) is 6.92 Å². The molecule has 0 spiro atoms. The van der Waals surface area contributed by atoms with Gasteiger partial charge in [0.2, 0.25) is 0 Å². The van der Waals surface area contributed by atoms with Crippen LogP contribution in [0.1, 0.15) is 11.3 Å². The molecule has 0 amide bonds. The Labute approximate surface area is 136 Å². The lowest BCUT2D eigenvalue weighted by atomic mass is 10.2. The van der Waals surface area contributed by atoms with E-state index in [0.29, 0.717) is 11.1 Å². The van der Waals surface area contributed by atoms with Crippen LogP contribution >= 0.6 is 11.6 Å². The normalized spacial score (nSPS) is 11.3. The van der Waals surface area contributed by atoms with Gasteiger partial charge in [-0.05, 0) is 31.2 Å². The van der Waals surface area contributed by atoms with Crippen molar-refractivity contribution in [3.8, 4) is 6.07 Å². The zero-order chi connectivity index (χ0) is 16.6. The van der Waals surface area contributed by atoms with Crippen LogP contribution in [0.5, 0.6) is 0 Å². The van der Waals surface area contributed by atoms with Crippen LogP contribution in [-0.2, 0) is 10.0 Å². The number of nitrogens with zero attached hydrogens (tertiary/aromatic N) is 3. The third-order valence-corrected chi connectivity index (χ3v) is 4.80. The first kappa shape index (κ1) is 15.3. The van der Waals surface area contributed by atoms with Crippen LogP contribution in [0.2, 0.25) is 5.02 Å². The van der Waals surface area contributed by atoms with Gasteiger partial charge in [0.05, 0.1) is 33.6 Å². The summed E-state index contributed by atoms with van der Waals surface area (Å²) in [7, 11) is -3.86. The van der Waals surface area contributed by atoms with Crippen LogP contribution < -0.4 is 4.72 Å². The number of rotatable bonds is 3. The number of aromatic nitrogens is 2. The smallest absolute Gasteiger partial charge is 0.263 e. The molecular formula is C14H9ClN4O3S. The van der Waals surface area contributed by atoms with E-state index in [-0.39, 0.29) is 26.9 Å². The van der Waals surface area contributed by atoms with Crippen molar-refractivity contribution >= 4 is 38.4 Å². The van der Waals surface area contributed by atoms with E-state index in [9.17, 15) is 8.42 Å². The molecule has 2 aromatic heterocycles. The lowest BCUT2D eigenvalue weighted by Gasteiger charge is -2.08. The van der Waals surface area contributed by atoms with Gasteiger partial charge in [0.25, 0.3) is 15.7 Å². The molecule has 23 heavy (non-hydrogen) atoms. The molecule has 7 nitrogen and oxygen atoms in total. The van der Waals surface area contributed by atoms with Gasteiger partial charge < -0.3 is 4.52 Å². The maximum Gasteiger partial charge on any atom is 0.263 e. The number of pyridine rings is 1. The van der Waals surface area contributed by atoms with E-state index in [1.165, 1.54) is 30.5 Å². The molecule has 0 unspecified atom stereocenters. The Morgan fingerprint density at radius 3 is 2.83 bits per heavy atom. The minimum absolute atomic E-state index is 0.0308. The summed E-state index contributed by atoms with van der Waals surface area (Å²) in [6.07, 6.45) is 1.18. The maximum absolute atomic E-state index is 12.4. The zero-order valence-electron chi connectivity index (χ0n) is 11.7. The highest BCUT2D eigenvalue weighted by molar-refractivity contribution is 7.92. The van der Waals surface area contributed by atoms with E-state index in [1.807, 2.05) is 6.07 Å². The van der Waals surface area contributed by atoms with Gasteiger partial charge in [-0.3, -0.25) is 4.72 Å². The van der Waals surface area contributed by atoms with Crippen LogP contribution in [0.4, 0.5) is 5.69 Å². The Kier molecular flexibility index (Phi) is 3.67. The van der Waals surface area contributed by atoms with Gasteiger partial charge in [-0.1, -0.05) is 16.8 Å². The van der Waals surface area contributed by atoms with Crippen molar-refractivity contribution in [3.63, 3.8) is 0 Å². The van der Waals surface area contributed by atoms with Crippen LogP contribution in [0, 0.1) is 18.3 Å². The van der Waals surface area contributed by atoms with Crippen molar-refractivity contribution in [1.82, 2.24) is 10.1 Å². The topological polar surface area (TPSA) is 109 Å². The first-order chi connectivity index (χ1) is 10.9. The van der Waals surface area contributed by atoms with Gasteiger partial charge in [0, 0.05) is 0 Å². The predicted octanol–water partition coefficient (Wildman–Crippen LogP) is 2.86. The van der Waals surface area contributed by atoms with Gasteiger partial charge in [-0.15, -0.1) is 0 Å².